The smallest absolute Gasteiger partial charge is 0.151 e. The Labute approximate surface area is 102 Å². The van der Waals surface area contributed by atoms with Crippen molar-refractivity contribution in [2.45, 2.75) is 20.3 Å². The molecule has 0 atom stereocenters. The van der Waals surface area contributed by atoms with Crippen LogP contribution in [0.25, 0.3) is 10.9 Å². The quantitative estimate of drug-likeness (QED) is 0.656. The minimum Gasteiger partial charge on any atom is -0.308 e. The van der Waals surface area contributed by atoms with Crippen molar-refractivity contribution in [3.05, 3.63) is 28.0 Å². The molecule has 1 aromatic carbocycles. The van der Waals surface area contributed by atoms with Crippen LogP contribution in [0, 0.1) is 6.92 Å². The molecule has 0 aliphatic heterocycles. The lowest BCUT2D eigenvalue weighted by atomic mass is 10.1. The molecule has 16 heavy (non-hydrogen) atoms. The van der Waals surface area contributed by atoms with E-state index in [9.17, 15) is 0 Å². The number of aromatic nitrogens is 2. The van der Waals surface area contributed by atoms with Crippen LogP contribution < -0.4 is 11.3 Å². The lowest BCUT2D eigenvalue weighted by molar-refractivity contribution is 0.957. The van der Waals surface area contributed by atoms with E-state index in [1.165, 1.54) is 0 Å². The molecular formula is C11H13BrN4. The predicted octanol–water partition coefficient (Wildman–Crippen LogP) is 2.55. The van der Waals surface area contributed by atoms with E-state index in [0.29, 0.717) is 5.82 Å². The molecule has 0 radical (unpaired) electrons. The van der Waals surface area contributed by atoms with E-state index in [1.807, 2.05) is 26.0 Å². The Morgan fingerprint density at radius 2 is 2.12 bits per heavy atom. The molecule has 0 unspecified atom stereocenters. The largest absolute Gasteiger partial charge is 0.308 e. The first-order valence-corrected chi connectivity index (χ1v) is 5.89. The van der Waals surface area contributed by atoms with E-state index < -0.39 is 0 Å². The Hall–Kier alpha value is -1.20. The zero-order valence-electron chi connectivity index (χ0n) is 9.21. The van der Waals surface area contributed by atoms with Gasteiger partial charge in [0.1, 0.15) is 5.82 Å². The summed E-state index contributed by atoms with van der Waals surface area (Å²) in [4.78, 5) is 8.87. The van der Waals surface area contributed by atoms with Gasteiger partial charge in [0.15, 0.2) is 5.82 Å². The molecule has 0 aliphatic rings. The van der Waals surface area contributed by atoms with Crippen LogP contribution in [0.1, 0.15) is 18.3 Å². The highest BCUT2D eigenvalue weighted by molar-refractivity contribution is 9.10. The number of benzene rings is 1. The van der Waals surface area contributed by atoms with Gasteiger partial charge in [0.25, 0.3) is 0 Å². The number of hydrogen-bond acceptors (Lipinski definition) is 4. The Balaban J connectivity index is 2.84. The molecule has 0 fully saturated rings. The Bertz CT molecular complexity index is 539. The normalized spacial score (nSPS) is 10.8. The maximum Gasteiger partial charge on any atom is 0.151 e. The maximum absolute atomic E-state index is 5.48. The molecule has 5 heteroatoms. The van der Waals surface area contributed by atoms with Crippen LogP contribution in [0.2, 0.25) is 0 Å². The summed E-state index contributed by atoms with van der Waals surface area (Å²) in [6, 6.07) is 3.94. The fourth-order valence-corrected chi connectivity index (χ4v) is 1.94. The van der Waals surface area contributed by atoms with Gasteiger partial charge in [-0.15, -0.1) is 0 Å². The van der Waals surface area contributed by atoms with E-state index in [0.717, 1.165) is 33.2 Å². The van der Waals surface area contributed by atoms with E-state index >= 15 is 0 Å². The van der Waals surface area contributed by atoms with Gasteiger partial charge in [0.2, 0.25) is 0 Å². The van der Waals surface area contributed by atoms with Gasteiger partial charge in [-0.05, 0) is 24.6 Å². The molecule has 2 aromatic rings. The van der Waals surface area contributed by atoms with E-state index in [4.69, 9.17) is 5.84 Å². The van der Waals surface area contributed by atoms with Crippen LogP contribution >= 0.6 is 15.9 Å². The summed E-state index contributed by atoms with van der Waals surface area (Å²) in [7, 11) is 0. The second-order valence-electron chi connectivity index (χ2n) is 3.55. The van der Waals surface area contributed by atoms with Crippen molar-refractivity contribution in [2.24, 2.45) is 5.84 Å². The molecule has 2 rings (SSSR count). The van der Waals surface area contributed by atoms with Crippen molar-refractivity contribution in [1.29, 1.82) is 0 Å². The van der Waals surface area contributed by atoms with Gasteiger partial charge < -0.3 is 5.43 Å². The zero-order valence-corrected chi connectivity index (χ0v) is 10.8. The summed E-state index contributed by atoms with van der Waals surface area (Å²) in [5.41, 5.74) is 4.67. The predicted molar refractivity (Wildman–Crippen MR) is 69.2 cm³/mol. The van der Waals surface area contributed by atoms with Crippen LogP contribution in [-0.2, 0) is 6.42 Å². The average molecular weight is 281 g/mol. The Kier molecular flexibility index (Phi) is 3.07. The van der Waals surface area contributed by atoms with Crippen molar-refractivity contribution in [1.82, 2.24) is 9.97 Å². The minimum atomic E-state index is 0.678. The van der Waals surface area contributed by atoms with Gasteiger partial charge >= 0.3 is 0 Å². The highest BCUT2D eigenvalue weighted by Gasteiger charge is 2.09. The lowest BCUT2D eigenvalue weighted by Crippen LogP contribution is -2.11. The van der Waals surface area contributed by atoms with Crippen molar-refractivity contribution < 1.29 is 0 Å². The SMILES string of the molecule is CCc1nc(NN)c2ccc(Br)c(C)c2n1. The number of aryl methyl sites for hydroxylation is 2. The third kappa shape index (κ3) is 1.76. The van der Waals surface area contributed by atoms with Crippen molar-refractivity contribution in [3.63, 3.8) is 0 Å². The van der Waals surface area contributed by atoms with Gasteiger partial charge in [-0.1, -0.05) is 22.9 Å². The van der Waals surface area contributed by atoms with Gasteiger partial charge in [0.05, 0.1) is 5.52 Å². The van der Waals surface area contributed by atoms with Gasteiger partial charge in [0, 0.05) is 16.3 Å². The van der Waals surface area contributed by atoms with Gasteiger partial charge in [-0.3, -0.25) is 0 Å². The van der Waals surface area contributed by atoms with Crippen molar-refractivity contribution >= 4 is 32.7 Å². The number of hydrogen-bond donors (Lipinski definition) is 2. The summed E-state index contributed by atoms with van der Waals surface area (Å²) in [5, 5.41) is 0.945. The van der Waals surface area contributed by atoms with E-state index in [1.54, 1.807) is 0 Å². The minimum absolute atomic E-state index is 0.678. The van der Waals surface area contributed by atoms with Gasteiger partial charge in [-0.2, -0.15) is 0 Å². The number of rotatable bonds is 2. The third-order valence-electron chi connectivity index (χ3n) is 2.55. The molecule has 0 amide bonds. The number of nitrogens with zero attached hydrogens (tertiary/aromatic N) is 2. The standard InChI is InChI=1S/C11H13BrN4/c1-3-9-14-10-6(2)8(12)5-4-7(10)11(15-9)16-13/h4-5H,3,13H2,1-2H3,(H,14,15,16). The number of nitrogen functional groups attached to an aromatic ring is 1. The Morgan fingerprint density at radius 3 is 2.75 bits per heavy atom. The molecule has 0 aliphatic carbocycles. The van der Waals surface area contributed by atoms with Crippen LogP contribution in [0.4, 0.5) is 5.82 Å². The molecule has 0 saturated heterocycles. The van der Waals surface area contributed by atoms with E-state index in [-0.39, 0.29) is 0 Å². The van der Waals surface area contributed by atoms with Crippen LogP contribution in [-0.4, -0.2) is 9.97 Å². The maximum atomic E-state index is 5.48. The average Bonchev–Trinajstić information content (AvgIpc) is 2.32. The highest BCUT2D eigenvalue weighted by atomic mass is 79.9. The molecule has 1 aromatic heterocycles. The number of nitrogens with two attached hydrogens (primary N) is 1. The topological polar surface area (TPSA) is 63.8 Å². The molecule has 84 valence electrons. The molecule has 4 nitrogen and oxygen atoms in total. The number of anilines is 1. The third-order valence-corrected chi connectivity index (χ3v) is 3.41. The van der Waals surface area contributed by atoms with Crippen LogP contribution in [0.15, 0.2) is 16.6 Å². The highest BCUT2D eigenvalue weighted by Crippen LogP contribution is 2.27. The van der Waals surface area contributed by atoms with Crippen molar-refractivity contribution in [2.75, 3.05) is 5.43 Å². The number of nitrogens with one attached hydrogen (secondary N) is 1. The molecule has 0 bridgehead atoms. The summed E-state index contributed by atoms with van der Waals surface area (Å²) < 4.78 is 1.05. The molecule has 1 heterocycles. The number of halogens is 1. The monoisotopic (exact) mass is 280 g/mol. The Morgan fingerprint density at radius 1 is 1.38 bits per heavy atom. The first kappa shape index (κ1) is 11.3. The molecule has 3 N–H and O–H groups in total. The van der Waals surface area contributed by atoms with Crippen LogP contribution in [0.5, 0.6) is 0 Å². The molecular weight excluding hydrogens is 268 g/mol. The summed E-state index contributed by atoms with van der Waals surface area (Å²) in [6.07, 6.45) is 0.788. The first-order chi connectivity index (χ1) is 7.67. The summed E-state index contributed by atoms with van der Waals surface area (Å²) in [5.74, 6) is 6.95. The fraction of sp³-hybridized carbons (Fsp3) is 0.273. The zero-order chi connectivity index (χ0) is 11.7. The fourth-order valence-electron chi connectivity index (χ4n) is 1.62. The second-order valence-corrected chi connectivity index (χ2v) is 4.41. The number of fused-ring (bicyclic) bond motifs is 1. The summed E-state index contributed by atoms with van der Waals surface area (Å²) in [6.45, 7) is 4.05. The summed E-state index contributed by atoms with van der Waals surface area (Å²) >= 11 is 3.50. The molecule has 0 spiro atoms. The lowest BCUT2D eigenvalue weighted by Gasteiger charge is -2.09. The molecule has 0 saturated carbocycles. The van der Waals surface area contributed by atoms with Crippen molar-refractivity contribution in [3.8, 4) is 0 Å². The van der Waals surface area contributed by atoms with Gasteiger partial charge in [-0.25, -0.2) is 15.8 Å². The van der Waals surface area contributed by atoms with Crippen LogP contribution in [0.3, 0.4) is 0 Å². The second kappa shape index (κ2) is 4.35. The first-order valence-electron chi connectivity index (χ1n) is 5.09. The number of hydrazine groups is 1. The van der Waals surface area contributed by atoms with E-state index in [2.05, 4.69) is 31.3 Å².